The highest BCUT2D eigenvalue weighted by Crippen LogP contribution is 2.21. The maximum Gasteiger partial charge on any atom is 0.221 e. The van der Waals surface area contributed by atoms with Crippen LogP contribution in [0.25, 0.3) is 0 Å². The molecule has 110 valence electrons. The van der Waals surface area contributed by atoms with Crippen LogP contribution in [0, 0.1) is 5.82 Å². The number of hydrogen-bond donors (Lipinski definition) is 2. The van der Waals surface area contributed by atoms with E-state index >= 15 is 0 Å². The summed E-state index contributed by atoms with van der Waals surface area (Å²) >= 11 is 0. The average molecular weight is 289 g/mol. The van der Waals surface area contributed by atoms with E-state index < -0.39 is 11.9 Å². The second kappa shape index (κ2) is 6.85. The minimum absolute atomic E-state index is 0.0789. The van der Waals surface area contributed by atoms with Gasteiger partial charge in [-0.25, -0.2) is 4.39 Å². The zero-order valence-corrected chi connectivity index (χ0v) is 11.5. The standard InChI is InChI=1S/C16H16FNO3/c1-11(19)18-12-5-4-6-13(9-12)21-10-16(20)14-7-2-3-8-15(14)17/h2-9,16,20H,10H2,1H3,(H,18,19). The van der Waals surface area contributed by atoms with Gasteiger partial charge >= 0.3 is 0 Å². The molecule has 0 aromatic heterocycles. The Kier molecular flexibility index (Phi) is 4.90. The summed E-state index contributed by atoms with van der Waals surface area (Å²) in [6.07, 6.45) is -1.06. The minimum Gasteiger partial charge on any atom is -0.490 e. The average Bonchev–Trinajstić information content (AvgIpc) is 2.45. The predicted octanol–water partition coefficient (Wildman–Crippen LogP) is 2.90. The van der Waals surface area contributed by atoms with Gasteiger partial charge in [0, 0.05) is 24.2 Å². The van der Waals surface area contributed by atoms with Gasteiger partial charge in [0.05, 0.1) is 0 Å². The van der Waals surface area contributed by atoms with Crippen LogP contribution in [0.1, 0.15) is 18.6 Å². The first-order valence-corrected chi connectivity index (χ1v) is 6.49. The number of amides is 1. The van der Waals surface area contributed by atoms with Crippen molar-refractivity contribution in [3.63, 3.8) is 0 Å². The lowest BCUT2D eigenvalue weighted by Gasteiger charge is -2.14. The lowest BCUT2D eigenvalue weighted by atomic mass is 10.1. The summed E-state index contributed by atoms with van der Waals surface area (Å²) in [6.45, 7) is 1.33. The van der Waals surface area contributed by atoms with Gasteiger partial charge in [-0.2, -0.15) is 0 Å². The monoisotopic (exact) mass is 289 g/mol. The molecule has 0 bridgehead atoms. The molecular formula is C16H16FNO3. The number of hydrogen-bond acceptors (Lipinski definition) is 3. The van der Waals surface area contributed by atoms with Crippen molar-refractivity contribution in [1.29, 1.82) is 0 Å². The molecule has 0 saturated heterocycles. The number of aliphatic hydroxyl groups is 1. The highest BCUT2D eigenvalue weighted by molar-refractivity contribution is 5.88. The number of carbonyl (C=O) groups excluding carboxylic acids is 1. The number of rotatable bonds is 5. The lowest BCUT2D eigenvalue weighted by Crippen LogP contribution is -2.11. The second-order valence-electron chi connectivity index (χ2n) is 4.56. The molecule has 0 radical (unpaired) electrons. The van der Waals surface area contributed by atoms with E-state index in [9.17, 15) is 14.3 Å². The van der Waals surface area contributed by atoms with E-state index in [4.69, 9.17) is 4.74 Å². The summed E-state index contributed by atoms with van der Waals surface area (Å²) in [5.74, 6) is -0.171. The Labute approximate surface area is 122 Å². The molecule has 0 aliphatic heterocycles. The maximum atomic E-state index is 13.5. The fourth-order valence-electron chi connectivity index (χ4n) is 1.88. The summed E-state index contributed by atoms with van der Waals surface area (Å²) in [5.41, 5.74) is 0.788. The first-order chi connectivity index (χ1) is 10.1. The number of benzene rings is 2. The van der Waals surface area contributed by atoms with Crippen LogP contribution < -0.4 is 10.1 Å². The highest BCUT2D eigenvalue weighted by Gasteiger charge is 2.13. The van der Waals surface area contributed by atoms with Crippen LogP contribution >= 0.6 is 0 Å². The van der Waals surface area contributed by atoms with Gasteiger partial charge in [0.15, 0.2) is 0 Å². The van der Waals surface area contributed by atoms with Crippen LogP contribution in [0.5, 0.6) is 5.75 Å². The Morgan fingerprint density at radius 2 is 2.05 bits per heavy atom. The van der Waals surface area contributed by atoms with Crippen LogP contribution in [0.2, 0.25) is 0 Å². The SMILES string of the molecule is CC(=O)Nc1cccc(OCC(O)c2ccccc2F)c1. The van der Waals surface area contributed by atoms with Gasteiger partial charge in [-0.1, -0.05) is 24.3 Å². The maximum absolute atomic E-state index is 13.5. The van der Waals surface area contributed by atoms with Gasteiger partial charge in [0.2, 0.25) is 5.91 Å². The van der Waals surface area contributed by atoms with Gasteiger partial charge < -0.3 is 15.2 Å². The summed E-state index contributed by atoms with van der Waals surface area (Å²) in [6, 6.07) is 12.8. The third kappa shape index (κ3) is 4.29. The number of aliphatic hydroxyl groups excluding tert-OH is 1. The van der Waals surface area contributed by atoms with Crippen LogP contribution in [0.4, 0.5) is 10.1 Å². The van der Waals surface area contributed by atoms with Gasteiger partial charge in [0.25, 0.3) is 0 Å². The second-order valence-corrected chi connectivity index (χ2v) is 4.56. The molecule has 2 N–H and O–H groups in total. The fraction of sp³-hybridized carbons (Fsp3) is 0.188. The molecule has 1 atom stereocenters. The summed E-state index contributed by atoms with van der Waals surface area (Å²) in [4.78, 5) is 11.0. The Morgan fingerprint density at radius 3 is 2.76 bits per heavy atom. The zero-order valence-electron chi connectivity index (χ0n) is 11.5. The van der Waals surface area contributed by atoms with Gasteiger partial charge in [0.1, 0.15) is 24.3 Å². The molecule has 5 heteroatoms. The van der Waals surface area contributed by atoms with Crippen LogP contribution in [-0.2, 0) is 4.79 Å². The molecule has 4 nitrogen and oxygen atoms in total. The van der Waals surface area contributed by atoms with E-state index in [2.05, 4.69) is 5.32 Å². The Bertz CT molecular complexity index is 630. The molecule has 0 fully saturated rings. The Hall–Kier alpha value is -2.40. The number of carbonyl (C=O) groups is 1. The molecule has 0 aliphatic rings. The van der Waals surface area contributed by atoms with E-state index in [1.807, 2.05) is 0 Å². The molecule has 21 heavy (non-hydrogen) atoms. The molecule has 2 aromatic carbocycles. The van der Waals surface area contributed by atoms with Crippen molar-refractivity contribution in [2.75, 3.05) is 11.9 Å². The van der Waals surface area contributed by atoms with E-state index in [0.717, 1.165) is 0 Å². The Morgan fingerprint density at radius 1 is 1.29 bits per heavy atom. The Balaban J connectivity index is 2.00. The molecule has 0 aliphatic carbocycles. The van der Waals surface area contributed by atoms with Crippen LogP contribution in [-0.4, -0.2) is 17.6 Å². The molecule has 1 unspecified atom stereocenters. The van der Waals surface area contributed by atoms with Crippen LogP contribution in [0.3, 0.4) is 0 Å². The highest BCUT2D eigenvalue weighted by atomic mass is 19.1. The van der Waals surface area contributed by atoms with Crippen molar-refractivity contribution in [1.82, 2.24) is 0 Å². The molecule has 2 aromatic rings. The van der Waals surface area contributed by atoms with E-state index in [1.165, 1.54) is 19.1 Å². The molecular weight excluding hydrogens is 273 g/mol. The molecule has 2 rings (SSSR count). The normalized spacial score (nSPS) is 11.8. The van der Waals surface area contributed by atoms with Crippen molar-refractivity contribution in [2.45, 2.75) is 13.0 Å². The third-order valence-electron chi connectivity index (χ3n) is 2.83. The van der Waals surface area contributed by atoms with Crippen LogP contribution in [0.15, 0.2) is 48.5 Å². The van der Waals surface area contributed by atoms with Gasteiger partial charge in [-0.05, 0) is 18.2 Å². The minimum atomic E-state index is -1.06. The predicted molar refractivity (Wildman–Crippen MR) is 77.6 cm³/mol. The summed E-state index contributed by atoms with van der Waals surface area (Å²) in [5, 5.41) is 12.6. The number of ether oxygens (including phenoxy) is 1. The largest absolute Gasteiger partial charge is 0.490 e. The topological polar surface area (TPSA) is 58.6 Å². The fourth-order valence-corrected chi connectivity index (χ4v) is 1.88. The van der Waals surface area contributed by atoms with Crippen molar-refractivity contribution in [3.05, 3.63) is 59.9 Å². The summed E-state index contributed by atoms with van der Waals surface area (Å²) in [7, 11) is 0. The number of nitrogens with one attached hydrogen (secondary N) is 1. The number of halogens is 1. The molecule has 1 amide bonds. The molecule has 0 saturated carbocycles. The zero-order chi connectivity index (χ0) is 15.2. The van der Waals surface area contributed by atoms with E-state index in [-0.39, 0.29) is 18.1 Å². The molecule has 0 heterocycles. The third-order valence-corrected chi connectivity index (χ3v) is 2.83. The van der Waals surface area contributed by atoms with Gasteiger partial charge in [-0.3, -0.25) is 4.79 Å². The van der Waals surface area contributed by atoms with Crippen molar-refractivity contribution < 1.29 is 19.0 Å². The van der Waals surface area contributed by atoms with Crippen molar-refractivity contribution in [3.8, 4) is 5.75 Å². The van der Waals surface area contributed by atoms with Crippen molar-refractivity contribution >= 4 is 11.6 Å². The van der Waals surface area contributed by atoms with Gasteiger partial charge in [-0.15, -0.1) is 0 Å². The lowest BCUT2D eigenvalue weighted by molar-refractivity contribution is -0.114. The first-order valence-electron chi connectivity index (χ1n) is 6.49. The number of anilines is 1. The smallest absolute Gasteiger partial charge is 0.221 e. The van der Waals surface area contributed by atoms with E-state index in [1.54, 1.807) is 36.4 Å². The quantitative estimate of drug-likeness (QED) is 0.889. The van der Waals surface area contributed by atoms with Crippen molar-refractivity contribution in [2.24, 2.45) is 0 Å². The molecule has 0 spiro atoms. The first kappa shape index (κ1) is 15.0. The summed E-state index contributed by atoms with van der Waals surface area (Å²) < 4.78 is 18.9. The van der Waals surface area contributed by atoms with E-state index in [0.29, 0.717) is 11.4 Å².